The maximum absolute atomic E-state index is 11.7. The zero-order valence-corrected chi connectivity index (χ0v) is 9.30. The number of amides is 1. The highest BCUT2D eigenvalue weighted by atomic mass is 16.6. The lowest BCUT2D eigenvalue weighted by molar-refractivity contribution is 0.130. The maximum Gasteiger partial charge on any atom is 0.414 e. The molecular weight excluding hydrogens is 218 g/mol. The van der Waals surface area contributed by atoms with E-state index in [2.05, 4.69) is 0 Å². The lowest BCUT2D eigenvalue weighted by atomic mass is 10.1. The Hall–Kier alpha value is -2.06. The highest BCUT2D eigenvalue weighted by molar-refractivity contribution is 5.89. The van der Waals surface area contributed by atoms with Crippen LogP contribution in [-0.4, -0.2) is 25.3 Å². The SMILES string of the molecule is N#Cc1cccc(N2C(=O)OCCC2CN)c1. The summed E-state index contributed by atoms with van der Waals surface area (Å²) in [5.74, 6) is 0. The summed E-state index contributed by atoms with van der Waals surface area (Å²) in [5.41, 5.74) is 6.82. The first-order chi connectivity index (χ1) is 8.26. The van der Waals surface area contributed by atoms with Crippen molar-refractivity contribution in [3.05, 3.63) is 29.8 Å². The first-order valence-corrected chi connectivity index (χ1v) is 5.42. The molecular formula is C12H13N3O2. The van der Waals surface area contributed by atoms with Gasteiger partial charge in [-0.25, -0.2) is 4.79 Å². The molecule has 1 fully saturated rings. The summed E-state index contributed by atoms with van der Waals surface area (Å²) in [7, 11) is 0. The Balaban J connectivity index is 2.35. The normalized spacial score (nSPS) is 19.6. The van der Waals surface area contributed by atoms with Crippen LogP contribution in [0.5, 0.6) is 0 Å². The van der Waals surface area contributed by atoms with Crippen LogP contribution < -0.4 is 10.6 Å². The molecule has 2 rings (SSSR count). The van der Waals surface area contributed by atoms with E-state index in [1.807, 2.05) is 6.07 Å². The summed E-state index contributed by atoms with van der Waals surface area (Å²) in [6.07, 6.45) is 0.306. The predicted octanol–water partition coefficient (Wildman–Crippen LogP) is 1.23. The third-order valence-corrected chi connectivity index (χ3v) is 2.76. The van der Waals surface area contributed by atoms with Crippen LogP contribution in [0.15, 0.2) is 24.3 Å². The number of benzene rings is 1. The summed E-state index contributed by atoms with van der Waals surface area (Å²) in [5, 5.41) is 8.84. The second kappa shape index (κ2) is 4.85. The van der Waals surface area contributed by atoms with Gasteiger partial charge in [0.15, 0.2) is 0 Å². The molecule has 1 saturated heterocycles. The van der Waals surface area contributed by atoms with Gasteiger partial charge in [-0.2, -0.15) is 5.26 Å². The number of hydrogen-bond donors (Lipinski definition) is 1. The molecule has 0 saturated carbocycles. The fraction of sp³-hybridized carbons (Fsp3) is 0.333. The zero-order valence-electron chi connectivity index (χ0n) is 9.30. The molecule has 17 heavy (non-hydrogen) atoms. The van der Waals surface area contributed by atoms with Crippen LogP contribution in [-0.2, 0) is 4.74 Å². The number of carbonyl (C=O) groups is 1. The zero-order chi connectivity index (χ0) is 12.3. The molecule has 1 aromatic carbocycles. The van der Waals surface area contributed by atoms with E-state index in [1.54, 1.807) is 24.3 Å². The van der Waals surface area contributed by atoms with Crippen molar-refractivity contribution in [3.8, 4) is 6.07 Å². The van der Waals surface area contributed by atoms with Gasteiger partial charge >= 0.3 is 6.09 Å². The second-order valence-electron chi connectivity index (χ2n) is 3.82. The number of ether oxygens (including phenoxy) is 1. The maximum atomic E-state index is 11.7. The molecule has 5 heteroatoms. The Labute approximate surface area is 99.4 Å². The second-order valence-corrected chi connectivity index (χ2v) is 3.82. The van der Waals surface area contributed by atoms with Gasteiger partial charge in [-0.15, -0.1) is 0 Å². The van der Waals surface area contributed by atoms with Crippen molar-refractivity contribution in [1.29, 1.82) is 5.26 Å². The fourth-order valence-electron chi connectivity index (χ4n) is 1.89. The molecule has 88 valence electrons. The van der Waals surface area contributed by atoms with Crippen molar-refractivity contribution < 1.29 is 9.53 Å². The van der Waals surface area contributed by atoms with Gasteiger partial charge in [-0.3, -0.25) is 4.90 Å². The lowest BCUT2D eigenvalue weighted by Crippen LogP contribution is -2.49. The average molecular weight is 231 g/mol. The van der Waals surface area contributed by atoms with Gasteiger partial charge in [0.05, 0.1) is 24.3 Å². The molecule has 1 aliphatic rings. The highest BCUT2D eigenvalue weighted by Gasteiger charge is 2.29. The van der Waals surface area contributed by atoms with E-state index < -0.39 is 6.09 Å². The molecule has 5 nitrogen and oxygen atoms in total. The molecule has 1 unspecified atom stereocenters. The van der Waals surface area contributed by atoms with Gasteiger partial charge in [0, 0.05) is 18.7 Å². The van der Waals surface area contributed by atoms with E-state index in [-0.39, 0.29) is 6.04 Å². The van der Waals surface area contributed by atoms with Crippen LogP contribution in [0.4, 0.5) is 10.5 Å². The van der Waals surface area contributed by atoms with E-state index in [9.17, 15) is 4.79 Å². The molecule has 0 spiro atoms. The minimum Gasteiger partial charge on any atom is -0.449 e. The number of carbonyl (C=O) groups excluding carboxylic acids is 1. The summed E-state index contributed by atoms with van der Waals surface area (Å²) in [6, 6.07) is 8.85. The van der Waals surface area contributed by atoms with Crippen LogP contribution in [0.2, 0.25) is 0 Å². The van der Waals surface area contributed by atoms with Crippen LogP contribution in [0.3, 0.4) is 0 Å². The van der Waals surface area contributed by atoms with Crippen molar-refractivity contribution >= 4 is 11.8 Å². The monoisotopic (exact) mass is 231 g/mol. The van der Waals surface area contributed by atoms with Gasteiger partial charge in [-0.1, -0.05) is 6.07 Å². The standard InChI is InChI=1S/C12H13N3O2/c13-7-9-2-1-3-10(6-9)15-11(8-14)4-5-17-12(15)16/h1-3,6,11H,4-5,8,14H2. The number of nitrogens with zero attached hydrogens (tertiary/aromatic N) is 2. The van der Waals surface area contributed by atoms with Crippen LogP contribution in [0.1, 0.15) is 12.0 Å². The van der Waals surface area contributed by atoms with E-state index >= 15 is 0 Å². The smallest absolute Gasteiger partial charge is 0.414 e. The minimum atomic E-state index is -0.401. The van der Waals surface area contributed by atoms with Crippen LogP contribution in [0, 0.1) is 11.3 Å². The molecule has 2 N–H and O–H groups in total. The largest absolute Gasteiger partial charge is 0.449 e. The van der Waals surface area contributed by atoms with Gasteiger partial charge in [0.2, 0.25) is 0 Å². The minimum absolute atomic E-state index is 0.0646. The fourth-order valence-corrected chi connectivity index (χ4v) is 1.89. The Morgan fingerprint density at radius 1 is 1.59 bits per heavy atom. The number of hydrogen-bond acceptors (Lipinski definition) is 4. The first-order valence-electron chi connectivity index (χ1n) is 5.42. The first kappa shape index (κ1) is 11.4. The van der Waals surface area contributed by atoms with Crippen molar-refractivity contribution in [1.82, 2.24) is 0 Å². The van der Waals surface area contributed by atoms with Crippen molar-refractivity contribution in [2.75, 3.05) is 18.1 Å². The van der Waals surface area contributed by atoms with Gasteiger partial charge in [0.1, 0.15) is 0 Å². The lowest BCUT2D eigenvalue weighted by Gasteiger charge is -2.34. The number of nitriles is 1. The highest BCUT2D eigenvalue weighted by Crippen LogP contribution is 2.23. The summed E-state index contributed by atoms with van der Waals surface area (Å²) >= 11 is 0. The number of nitrogens with two attached hydrogens (primary N) is 1. The van der Waals surface area contributed by atoms with Gasteiger partial charge < -0.3 is 10.5 Å². The van der Waals surface area contributed by atoms with Crippen LogP contribution >= 0.6 is 0 Å². The molecule has 1 aliphatic heterocycles. The molecule has 1 amide bonds. The van der Waals surface area contributed by atoms with E-state index in [4.69, 9.17) is 15.7 Å². The van der Waals surface area contributed by atoms with Gasteiger partial charge in [-0.05, 0) is 18.2 Å². The number of rotatable bonds is 2. The molecule has 0 radical (unpaired) electrons. The Morgan fingerprint density at radius 2 is 2.41 bits per heavy atom. The third kappa shape index (κ3) is 2.22. The van der Waals surface area contributed by atoms with Crippen molar-refractivity contribution in [3.63, 3.8) is 0 Å². The Morgan fingerprint density at radius 3 is 3.12 bits per heavy atom. The topological polar surface area (TPSA) is 79.3 Å². The summed E-state index contributed by atoms with van der Waals surface area (Å²) < 4.78 is 5.00. The van der Waals surface area contributed by atoms with E-state index in [0.717, 1.165) is 0 Å². The average Bonchev–Trinajstić information content (AvgIpc) is 2.38. The summed E-state index contributed by atoms with van der Waals surface area (Å²) in [6.45, 7) is 0.779. The Bertz CT molecular complexity index is 467. The molecule has 0 bridgehead atoms. The van der Waals surface area contributed by atoms with E-state index in [1.165, 1.54) is 4.90 Å². The van der Waals surface area contributed by atoms with Crippen molar-refractivity contribution in [2.24, 2.45) is 5.73 Å². The molecule has 1 atom stereocenters. The van der Waals surface area contributed by atoms with E-state index in [0.29, 0.717) is 30.8 Å². The van der Waals surface area contributed by atoms with Gasteiger partial charge in [0.25, 0.3) is 0 Å². The molecule has 1 aromatic rings. The number of anilines is 1. The van der Waals surface area contributed by atoms with Crippen molar-refractivity contribution in [2.45, 2.75) is 12.5 Å². The summed E-state index contributed by atoms with van der Waals surface area (Å²) in [4.78, 5) is 13.2. The quantitative estimate of drug-likeness (QED) is 0.830. The third-order valence-electron chi connectivity index (χ3n) is 2.76. The number of cyclic esters (lactones) is 1. The predicted molar refractivity (Wildman–Crippen MR) is 62.4 cm³/mol. The molecule has 0 aliphatic carbocycles. The molecule has 0 aromatic heterocycles. The molecule has 1 heterocycles. The van der Waals surface area contributed by atoms with Crippen LogP contribution in [0.25, 0.3) is 0 Å². The Kier molecular flexibility index (Phi) is 3.26.